The van der Waals surface area contributed by atoms with E-state index in [1.165, 1.54) is 27.8 Å². The Labute approximate surface area is 207 Å². The number of carbonyl (C=O) groups excluding carboxylic acids is 2. The molecule has 2 fully saturated rings. The number of fused-ring (bicyclic) bond motifs is 1. The Bertz CT molecular complexity index is 1270. The number of pyridine rings is 1. The maximum atomic E-state index is 13.1. The number of aryl methyl sites for hydroxylation is 2. The zero-order valence-corrected chi connectivity index (χ0v) is 21.3. The molecule has 1 saturated carbocycles. The molecule has 6 nitrogen and oxygen atoms in total. The molecule has 0 radical (unpaired) electrons. The number of hydrogen-bond acceptors (Lipinski definition) is 3. The molecule has 35 heavy (non-hydrogen) atoms. The summed E-state index contributed by atoms with van der Waals surface area (Å²) in [6.45, 7) is 10.1. The number of primary amides is 1. The third-order valence-electron chi connectivity index (χ3n) is 7.88. The molecule has 2 aromatic heterocycles. The van der Waals surface area contributed by atoms with Crippen LogP contribution in [-0.2, 0) is 9.59 Å². The number of likely N-dealkylation sites (tertiary alicyclic amines) is 1. The summed E-state index contributed by atoms with van der Waals surface area (Å²) < 4.78 is 0. The van der Waals surface area contributed by atoms with Crippen LogP contribution in [0.15, 0.2) is 30.3 Å². The largest absolute Gasteiger partial charge is 0.370 e. The number of nitrogens with one attached hydrogen (secondary N) is 1. The summed E-state index contributed by atoms with van der Waals surface area (Å²) >= 11 is 0. The normalized spacial score (nSPS) is 17.8. The Morgan fingerprint density at radius 1 is 1.11 bits per heavy atom. The van der Waals surface area contributed by atoms with E-state index >= 15 is 0 Å². The van der Waals surface area contributed by atoms with Gasteiger partial charge < -0.3 is 15.6 Å². The molecule has 0 spiro atoms. The van der Waals surface area contributed by atoms with Crippen molar-refractivity contribution in [1.82, 2.24) is 14.9 Å². The van der Waals surface area contributed by atoms with Crippen molar-refractivity contribution in [3.63, 3.8) is 0 Å². The summed E-state index contributed by atoms with van der Waals surface area (Å²) in [6, 6.07) is 11.1. The highest BCUT2D eigenvalue weighted by molar-refractivity contribution is 5.92. The third kappa shape index (κ3) is 4.46. The van der Waals surface area contributed by atoms with Gasteiger partial charge in [-0.3, -0.25) is 14.6 Å². The van der Waals surface area contributed by atoms with Gasteiger partial charge in [-0.15, -0.1) is 0 Å². The number of carbonyl (C=O) groups is 2. The molecule has 0 unspecified atom stereocenters. The molecule has 1 aliphatic carbocycles. The van der Waals surface area contributed by atoms with E-state index in [1.807, 2.05) is 18.7 Å². The summed E-state index contributed by atoms with van der Waals surface area (Å²) in [5.41, 5.74) is 13.2. The van der Waals surface area contributed by atoms with Gasteiger partial charge in [0, 0.05) is 47.4 Å². The minimum atomic E-state index is -0.505. The van der Waals surface area contributed by atoms with Crippen molar-refractivity contribution in [1.29, 1.82) is 0 Å². The molecule has 1 aliphatic heterocycles. The molecule has 3 N–H and O–H groups in total. The minimum absolute atomic E-state index is 0.130. The number of nitrogens with zero attached hydrogens (tertiary/aromatic N) is 2. The predicted octanol–water partition coefficient (Wildman–Crippen LogP) is 5.33. The second kappa shape index (κ2) is 8.81. The summed E-state index contributed by atoms with van der Waals surface area (Å²) in [7, 11) is 0. The quantitative estimate of drug-likeness (QED) is 0.508. The van der Waals surface area contributed by atoms with Crippen LogP contribution in [0.3, 0.4) is 0 Å². The number of hydrogen-bond donors (Lipinski definition) is 2. The molecular weight excluding hydrogens is 436 g/mol. The fraction of sp³-hybridized carbons (Fsp3) is 0.483. The molecule has 1 aromatic carbocycles. The first-order chi connectivity index (χ1) is 16.7. The number of amides is 2. The van der Waals surface area contributed by atoms with Crippen molar-refractivity contribution in [2.45, 2.75) is 71.6 Å². The summed E-state index contributed by atoms with van der Waals surface area (Å²) in [4.78, 5) is 34.7. The summed E-state index contributed by atoms with van der Waals surface area (Å²) in [6.07, 6.45) is 3.65. The third-order valence-corrected chi connectivity index (χ3v) is 7.88. The van der Waals surface area contributed by atoms with E-state index in [9.17, 15) is 9.59 Å². The number of rotatable bonds is 6. The molecule has 5 rings (SSSR count). The minimum Gasteiger partial charge on any atom is -0.370 e. The Morgan fingerprint density at radius 2 is 1.77 bits per heavy atom. The van der Waals surface area contributed by atoms with E-state index in [2.05, 4.69) is 54.1 Å². The van der Waals surface area contributed by atoms with Crippen LogP contribution in [0.25, 0.3) is 22.2 Å². The van der Waals surface area contributed by atoms with Gasteiger partial charge in [-0.2, -0.15) is 0 Å². The lowest BCUT2D eigenvalue weighted by atomic mass is 9.87. The Kier molecular flexibility index (Phi) is 5.94. The molecule has 1 saturated heterocycles. The molecule has 0 atom stereocenters. The zero-order valence-electron chi connectivity index (χ0n) is 21.3. The van der Waals surface area contributed by atoms with Gasteiger partial charge in [-0.1, -0.05) is 19.9 Å². The van der Waals surface area contributed by atoms with Crippen molar-refractivity contribution in [2.75, 3.05) is 13.1 Å². The van der Waals surface area contributed by atoms with Gasteiger partial charge in [0.2, 0.25) is 11.8 Å². The maximum Gasteiger partial charge on any atom is 0.229 e. The first-order valence-corrected chi connectivity index (χ1v) is 12.9. The average molecular weight is 473 g/mol. The number of nitrogens with two attached hydrogens (primary N) is 1. The lowest BCUT2D eigenvalue weighted by molar-refractivity contribution is -0.140. The number of aromatic amines is 1. The zero-order chi connectivity index (χ0) is 24.9. The summed E-state index contributed by atoms with van der Waals surface area (Å²) in [5.74, 6) is 0.564. The Morgan fingerprint density at radius 3 is 2.34 bits per heavy atom. The van der Waals surface area contributed by atoms with E-state index in [0.717, 1.165) is 55.7 Å². The van der Waals surface area contributed by atoms with E-state index < -0.39 is 5.41 Å². The van der Waals surface area contributed by atoms with E-state index in [0.29, 0.717) is 11.8 Å². The van der Waals surface area contributed by atoms with Crippen LogP contribution in [0.2, 0.25) is 0 Å². The number of aromatic nitrogens is 2. The van der Waals surface area contributed by atoms with E-state index in [-0.39, 0.29) is 18.2 Å². The second-order valence-corrected chi connectivity index (χ2v) is 11.0. The highest BCUT2D eigenvalue weighted by Gasteiger charge is 2.52. The molecule has 3 aromatic rings. The van der Waals surface area contributed by atoms with Crippen molar-refractivity contribution in [3.05, 3.63) is 52.8 Å². The molecule has 6 heteroatoms. The lowest BCUT2D eigenvalue weighted by Crippen LogP contribution is -2.43. The van der Waals surface area contributed by atoms with Gasteiger partial charge in [-0.05, 0) is 86.8 Å². The van der Waals surface area contributed by atoms with Crippen LogP contribution in [0.1, 0.15) is 80.3 Å². The predicted molar refractivity (Wildman–Crippen MR) is 139 cm³/mol. The fourth-order valence-electron chi connectivity index (χ4n) is 5.99. The first-order valence-electron chi connectivity index (χ1n) is 12.9. The topological polar surface area (TPSA) is 92.1 Å². The van der Waals surface area contributed by atoms with Crippen molar-refractivity contribution in [3.8, 4) is 11.3 Å². The van der Waals surface area contributed by atoms with Gasteiger partial charge in [0.15, 0.2) is 0 Å². The number of H-pyrrole nitrogens is 1. The molecule has 3 heterocycles. The van der Waals surface area contributed by atoms with Crippen LogP contribution in [-0.4, -0.2) is 39.8 Å². The number of piperidine rings is 1. The smallest absolute Gasteiger partial charge is 0.229 e. The van der Waals surface area contributed by atoms with Gasteiger partial charge in [0.05, 0.1) is 11.1 Å². The van der Waals surface area contributed by atoms with Crippen LogP contribution >= 0.6 is 0 Å². The second-order valence-electron chi connectivity index (χ2n) is 11.0. The van der Waals surface area contributed by atoms with Crippen LogP contribution in [0, 0.1) is 19.3 Å². The highest BCUT2D eigenvalue weighted by atomic mass is 16.2. The van der Waals surface area contributed by atoms with E-state index in [1.54, 1.807) is 0 Å². The SMILES string of the molecule is Cc1cc(-c2[nH]c3ccc(C4CCN(C(=O)C5(CC(N)=O)CC5)CC4)cc3c2C(C)C)cc(C)n1. The van der Waals surface area contributed by atoms with Crippen molar-refractivity contribution < 1.29 is 9.59 Å². The lowest BCUT2D eigenvalue weighted by Gasteiger charge is -2.34. The van der Waals surface area contributed by atoms with E-state index in [4.69, 9.17) is 5.73 Å². The maximum absolute atomic E-state index is 13.1. The first kappa shape index (κ1) is 23.6. The van der Waals surface area contributed by atoms with Crippen LogP contribution in [0.4, 0.5) is 0 Å². The highest BCUT2D eigenvalue weighted by Crippen LogP contribution is 2.50. The van der Waals surface area contributed by atoms with Gasteiger partial charge in [-0.25, -0.2) is 0 Å². The monoisotopic (exact) mass is 472 g/mol. The van der Waals surface area contributed by atoms with Gasteiger partial charge >= 0.3 is 0 Å². The molecule has 184 valence electrons. The molecule has 2 amide bonds. The molecule has 0 bridgehead atoms. The number of benzene rings is 1. The Balaban J connectivity index is 1.39. The fourth-order valence-corrected chi connectivity index (χ4v) is 5.99. The molecular formula is C29H36N4O2. The van der Waals surface area contributed by atoms with Crippen molar-refractivity contribution in [2.24, 2.45) is 11.1 Å². The van der Waals surface area contributed by atoms with Gasteiger partial charge in [0.25, 0.3) is 0 Å². The molecule has 2 aliphatic rings. The summed E-state index contributed by atoms with van der Waals surface area (Å²) in [5, 5.41) is 1.29. The van der Waals surface area contributed by atoms with Gasteiger partial charge in [0.1, 0.15) is 0 Å². The van der Waals surface area contributed by atoms with Crippen LogP contribution < -0.4 is 5.73 Å². The van der Waals surface area contributed by atoms with Crippen LogP contribution in [0.5, 0.6) is 0 Å². The van der Waals surface area contributed by atoms with Crippen molar-refractivity contribution >= 4 is 22.7 Å². The average Bonchev–Trinajstić information content (AvgIpc) is 3.47. The standard InChI is InChI=1S/C29H36N4O2/c1-17(2)26-23-15-21(5-6-24(23)32-27(26)22-13-18(3)31-19(4)14-22)20-7-11-33(12-8-20)28(35)29(9-10-29)16-25(30)34/h5-6,13-15,17,20,32H,7-12,16H2,1-4H3,(H2,30,34). The Hall–Kier alpha value is -3.15.